The standard InChI is InChI=1S/C21H24FN7O/c1-28(18-11-13-3-2-4-17(24-13)21(18)22)20-8-7-16(25-26-20)15-6-5-14(12-19(15)30)29-10-9-23-27-29/h5-10,12-13,17-18,21,24,30H,2-4,11H2,1H3/t13-,17+,18+,21-/m0/s1. The lowest BCUT2D eigenvalue weighted by Gasteiger charge is -2.46. The van der Waals surface area contributed by atoms with Crippen LogP contribution in [0.5, 0.6) is 5.75 Å². The van der Waals surface area contributed by atoms with Crippen LogP contribution in [0.3, 0.4) is 0 Å². The third-order valence-electron chi connectivity index (χ3n) is 6.25. The summed E-state index contributed by atoms with van der Waals surface area (Å²) in [5.74, 6) is 0.707. The number of benzene rings is 1. The SMILES string of the molecule is CN(c1ccc(-c2ccc(-n3ccnn3)cc2O)nn1)[C@@H]1C[C@@H]2CCC[C@@H](N2)[C@@H]1F. The minimum Gasteiger partial charge on any atom is -0.507 e. The summed E-state index contributed by atoms with van der Waals surface area (Å²) >= 11 is 0. The highest BCUT2D eigenvalue weighted by atomic mass is 19.1. The third-order valence-corrected chi connectivity index (χ3v) is 6.25. The number of piperidine rings is 2. The van der Waals surface area contributed by atoms with Crippen molar-refractivity contribution in [3.8, 4) is 22.7 Å². The number of aromatic hydroxyl groups is 1. The average molecular weight is 409 g/mol. The van der Waals surface area contributed by atoms with Crippen molar-refractivity contribution in [2.24, 2.45) is 0 Å². The summed E-state index contributed by atoms with van der Waals surface area (Å²) in [5, 5.41) is 30.2. The Morgan fingerprint density at radius 1 is 1.20 bits per heavy atom. The molecule has 5 rings (SSSR count). The van der Waals surface area contributed by atoms with Gasteiger partial charge in [0.25, 0.3) is 0 Å². The molecule has 156 valence electrons. The molecule has 0 aliphatic carbocycles. The van der Waals surface area contributed by atoms with E-state index in [0.29, 0.717) is 28.8 Å². The number of nitrogens with one attached hydrogen (secondary N) is 1. The summed E-state index contributed by atoms with van der Waals surface area (Å²) in [6.45, 7) is 0. The van der Waals surface area contributed by atoms with Gasteiger partial charge in [-0.05, 0) is 43.5 Å². The maximum Gasteiger partial charge on any atom is 0.151 e. The smallest absolute Gasteiger partial charge is 0.151 e. The maximum absolute atomic E-state index is 15.0. The van der Waals surface area contributed by atoms with Gasteiger partial charge in [-0.25, -0.2) is 9.07 Å². The van der Waals surface area contributed by atoms with Crippen molar-refractivity contribution in [1.29, 1.82) is 0 Å². The Bertz CT molecular complexity index is 1010. The molecule has 2 saturated heterocycles. The second-order valence-corrected chi connectivity index (χ2v) is 8.09. The summed E-state index contributed by atoms with van der Waals surface area (Å²) in [5.41, 5.74) is 1.82. The number of anilines is 1. The van der Waals surface area contributed by atoms with E-state index >= 15 is 4.39 Å². The topological polar surface area (TPSA) is 92.0 Å². The fourth-order valence-electron chi connectivity index (χ4n) is 4.60. The van der Waals surface area contributed by atoms with Crippen LogP contribution in [0, 0.1) is 0 Å². The van der Waals surface area contributed by atoms with Gasteiger partial charge in [0.15, 0.2) is 5.82 Å². The molecule has 9 heteroatoms. The zero-order chi connectivity index (χ0) is 20.7. The van der Waals surface area contributed by atoms with E-state index in [1.54, 1.807) is 35.3 Å². The van der Waals surface area contributed by atoms with E-state index in [1.807, 2.05) is 24.1 Å². The van der Waals surface area contributed by atoms with Gasteiger partial charge >= 0.3 is 0 Å². The van der Waals surface area contributed by atoms with E-state index in [2.05, 4.69) is 25.8 Å². The Labute approximate surface area is 173 Å². The van der Waals surface area contributed by atoms with Gasteiger partial charge in [-0.2, -0.15) is 0 Å². The summed E-state index contributed by atoms with van der Waals surface area (Å²) in [6, 6.07) is 8.92. The monoisotopic (exact) mass is 409 g/mol. The molecule has 2 bridgehead atoms. The summed E-state index contributed by atoms with van der Waals surface area (Å²) < 4.78 is 16.6. The predicted octanol–water partition coefficient (Wildman–Crippen LogP) is 2.49. The summed E-state index contributed by atoms with van der Waals surface area (Å²) in [7, 11) is 1.88. The molecule has 0 radical (unpaired) electrons. The van der Waals surface area contributed by atoms with Crippen LogP contribution in [0.2, 0.25) is 0 Å². The quantitative estimate of drug-likeness (QED) is 0.684. The summed E-state index contributed by atoms with van der Waals surface area (Å²) in [4.78, 5) is 1.90. The van der Waals surface area contributed by atoms with E-state index in [-0.39, 0.29) is 17.8 Å². The van der Waals surface area contributed by atoms with Crippen molar-refractivity contribution in [2.75, 3.05) is 11.9 Å². The molecule has 2 aliphatic heterocycles. The van der Waals surface area contributed by atoms with Crippen LogP contribution in [-0.4, -0.2) is 61.6 Å². The third kappa shape index (κ3) is 3.39. The lowest BCUT2D eigenvalue weighted by atomic mass is 9.82. The molecule has 0 spiro atoms. The Morgan fingerprint density at radius 2 is 2.10 bits per heavy atom. The average Bonchev–Trinajstić information content (AvgIpc) is 3.31. The fraction of sp³-hybridized carbons (Fsp3) is 0.429. The second-order valence-electron chi connectivity index (χ2n) is 8.09. The van der Waals surface area contributed by atoms with Crippen LogP contribution in [0.4, 0.5) is 10.2 Å². The van der Waals surface area contributed by atoms with Gasteiger partial charge in [0, 0.05) is 30.8 Å². The zero-order valence-electron chi connectivity index (χ0n) is 16.7. The number of fused-ring (bicyclic) bond motifs is 2. The van der Waals surface area contributed by atoms with Crippen LogP contribution in [-0.2, 0) is 0 Å². The molecule has 4 heterocycles. The minimum absolute atomic E-state index is 0.0716. The van der Waals surface area contributed by atoms with E-state index in [1.165, 1.54) is 0 Å². The Kier molecular flexibility index (Phi) is 4.82. The molecule has 2 N–H and O–H groups in total. The van der Waals surface area contributed by atoms with Crippen LogP contribution < -0.4 is 10.2 Å². The number of hydrogen-bond acceptors (Lipinski definition) is 7. The number of aromatic nitrogens is 5. The van der Waals surface area contributed by atoms with Gasteiger partial charge in [0.05, 0.1) is 29.8 Å². The number of phenolic OH excluding ortho intramolecular Hbond substituents is 1. The minimum atomic E-state index is -0.929. The van der Waals surface area contributed by atoms with E-state index in [4.69, 9.17) is 0 Å². The van der Waals surface area contributed by atoms with Gasteiger partial charge in [0.1, 0.15) is 11.9 Å². The second kappa shape index (κ2) is 7.64. The van der Waals surface area contributed by atoms with E-state index in [9.17, 15) is 5.11 Å². The highest BCUT2D eigenvalue weighted by Gasteiger charge is 2.41. The molecule has 4 atom stereocenters. The summed E-state index contributed by atoms with van der Waals surface area (Å²) in [6.07, 6.45) is 6.18. The van der Waals surface area contributed by atoms with Crippen LogP contribution in [0.1, 0.15) is 25.7 Å². The molecule has 1 aromatic carbocycles. The Balaban J connectivity index is 1.35. The number of nitrogens with zero attached hydrogens (tertiary/aromatic N) is 6. The maximum atomic E-state index is 15.0. The number of halogens is 1. The van der Waals surface area contributed by atoms with Crippen molar-refractivity contribution in [2.45, 2.75) is 50.0 Å². The van der Waals surface area contributed by atoms with E-state index < -0.39 is 6.17 Å². The van der Waals surface area contributed by atoms with Gasteiger partial charge in [-0.3, -0.25) is 0 Å². The van der Waals surface area contributed by atoms with Crippen molar-refractivity contribution >= 4 is 5.82 Å². The van der Waals surface area contributed by atoms with Crippen molar-refractivity contribution in [3.63, 3.8) is 0 Å². The van der Waals surface area contributed by atoms with Gasteiger partial charge in [0.2, 0.25) is 0 Å². The first-order valence-corrected chi connectivity index (χ1v) is 10.3. The normalized spacial score (nSPS) is 25.8. The van der Waals surface area contributed by atoms with Crippen LogP contribution in [0.25, 0.3) is 16.9 Å². The molecule has 0 unspecified atom stereocenters. The first kappa shape index (κ1) is 18.9. The van der Waals surface area contributed by atoms with Crippen molar-refractivity contribution in [1.82, 2.24) is 30.5 Å². The zero-order valence-corrected chi connectivity index (χ0v) is 16.7. The first-order chi connectivity index (χ1) is 14.6. The number of alkyl halides is 1. The molecule has 2 fully saturated rings. The molecular formula is C21H24FN7O. The number of hydrogen-bond donors (Lipinski definition) is 2. The van der Waals surface area contributed by atoms with Gasteiger partial charge in [-0.15, -0.1) is 15.3 Å². The lowest BCUT2D eigenvalue weighted by molar-refractivity contribution is 0.107. The highest BCUT2D eigenvalue weighted by molar-refractivity contribution is 5.69. The molecular weight excluding hydrogens is 385 g/mol. The molecule has 8 nitrogen and oxygen atoms in total. The molecule has 30 heavy (non-hydrogen) atoms. The molecule has 2 aromatic heterocycles. The highest BCUT2D eigenvalue weighted by Crippen LogP contribution is 2.33. The molecule has 3 aromatic rings. The number of rotatable bonds is 4. The van der Waals surface area contributed by atoms with E-state index in [0.717, 1.165) is 25.7 Å². The molecule has 0 saturated carbocycles. The largest absolute Gasteiger partial charge is 0.507 e. The van der Waals surface area contributed by atoms with Crippen LogP contribution >= 0.6 is 0 Å². The van der Waals surface area contributed by atoms with Crippen molar-refractivity contribution < 1.29 is 9.50 Å². The molecule has 2 aliphatic rings. The lowest BCUT2D eigenvalue weighted by Crippen LogP contribution is -2.61. The fourth-order valence-corrected chi connectivity index (χ4v) is 4.60. The predicted molar refractivity (Wildman–Crippen MR) is 110 cm³/mol. The molecule has 0 amide bonds. The Hall–Kier alpha value is -3.07. The van der Waals surface area contributed by atoms with Crippen molar-refractivity contribution in [3.05, 3.63) is 42.7 Å². The van der Waals surface area contributed by atoms with Gasteiger partial charge in [-0.1, -0.05) is 11.6 Å². The van der Waals surface area contributed by atoms with Crippen LogP contribution in [0.15, 0.2) is 42.7 Å². The Morgan fingerprint density at radius 3 is 2.83 bits per heavy atom. The van der Waals surface area contributed by atoms with Gasteiger partial charge < -0.3 is 15.3 Å². The first-order valence-electron chi connectivity index (χ1n) is 10.3. The number of phenols is 1.